The first-order valence-corrected chi connectivity index (χ1v) is 22.0. The Morgan fingerprint density at radius 3 is 2.33 bits per heavy atom. The monoisotopic (exact) mass is 879 g/mol. The highest BCUT2D eigenvalue weighted by Gasteiger charge is 2.65. The highest BCUT2D eigenvalue weighted by molar-refractivity contribution is 6.03. The summed E-state index contributed by atoms with van der Waals surface area (Å²) in [4.78, 5) is 46.0. The van der Waals surface area contributed by atoms with Gasteiger partial charge in [-0.15, -0.1) is 6.58 Å². The van der Waals surface area contributed by atoms with Gasteiger partial charge in [-0.25, -0.2) is 0 Å². The normalized spacial score (nSPS) is 24.0. The van der Waals surface area contributed by atoms with Gasteiger partial charge in [0, 0.05) is 88.1 Å². The number of nitro benzene ring substituents is 2. The van der Waals surface area contributed by atoms with Crippen molar-refractivity contribution in [2.75, 3.05) is 53.1 Å². The molecule has 7 rings (SSSR count). The van der Waals surface area contributed by atoms with E-state index in [9.17, 15) is 35.2 Å². The molecular formula is C48H57N5O11. The Bertz CT molecular complexity index is 2230. The molecule has 1 amide bonds. The molecule has 4 aliphatic rings. The molecule has 1 saturated heterocycles. The predicted octanol–water partition coefficient (Wildman–Crippen LogP) is 7.20. The summed E-state index contributed by atoms with van der Waals surface area (Å²) in [6.45, 7) is 7.71. The van der Waals surface area contributed by atoms with Crippen molar-refractivity contribution >= 4 is 29.1 Å². The van der Waals surface area contributed by atoms with E-state index >= 15 is 0 Å². The third kappa shape index (κ3) is 10.5. The lowest BCUT2D eigenvalue weighted by molar-refractivity contribution is -0.385. The van der Waals surface area contributed by atoms with Gasteiger partial charge < -0.3 is 34.2 Å². The second-order valence-corrected chi connectivity index (χ2v) is 16.8. The molecule has 0 radical (unpaired) electrons. The largest absolute Gasteiger partial charge is 0.492 e. The molecule has 1 saturated carbocycles. The van der Waals surface area contributed by atoms with Crippen LogP contribution in [0.25, 0.3) is 6.08 Å². The molecule has 0 spiro atoms. The number of ether oxygens (including phenoxy) is 3. The quantitative estimate of drug-likeness (QED) is 0.0243. The number of aliphatic hydroxyl groups excluding tert-OH is 2. The highest BCUT2D eigenvalue weighted by atomic mass is 16.7. The van der Waals surface area contributed by atoms with Crippen LogP contribution < -0.4 is 9.47 Å². The fraction of sp³-hybridized carbons (Fsp3) is 0.458. The number of aliphatic hydroxyl groups is 2. The molecule has 3 aromatic rings. The number of amides is 1. The summed E-state index contributed by atoms with van der Waals surface area (Å²) in [6.07, 6.45) is 11.5. The Labute approximate surface area is 372 Å². The standard InChI is InChI=1S/C48H57N5O11/c1-3-27-62-48-44(50(2)45(56)21-14-33-10-15-36(16-11-33)52(57)58)31-42(49-63-32-34-12-17-37(18-13-34)53(59)60)40-29-35(8-4-6-25-54)39(9-5-7-26-55)46(47(40)48)41-30-38(19-20-43(41)64-48)61-28-24-51-22-23-51/h3,10-21,29-30,35,39,44,46-47,54-55H,1,4-9,22-28,31-32H2,2H3/t35-,39+,44-,46+,47+,48+/m0/s1. The number of carbonyl (C=O) groups excluding carboxylic acids is 1. The number of allylic oxidation sites excluding steroid dienone is 1. The van der Waals surface area contributed by atoms with Crippen molar-refractivity contribution in [2.45, 2.75) is 69.3 Å². The fourth-order valence-electron chi connectivity index (χ4n) is 9.45. The number of non-ortho nitro benzene ring substituents is 2. The van der Waals surface area contributed by atoms with Crippen LogP contribution in [0, 0.1) is 38.0 Å². The number of carbonyl (C=O) groups is 1. The number of oxime groups is 1. The maximum atomic E-state index is 14.4. The SMILES string of the molecule is C=CCO[C@@]12Oc3ccc(OCCN4CC4)cc3[C@H]3[C@H](CCCCO)[C@@H](CCCCO)C=C(C(=NOCc4ccc([N+](=O)[O-])cc4)C[C@@H]1N(C)C(=O)C=Cc1ccc([N+](=O)[O-])cc1)[C@H]32. The minimum absolute atomic E-state index is 0.0187. The maximum Gasteiger partial charge on any atom is 0.269 e. The molecule has 2 heterocycles. The number of rotatable bonds is 23. The minimum atomic E-state index is -1.46. The van der Waals surface area contributed by atoms with Crippen LogP contribution in [0.4, 0.5) is 11.4 Å². The van der Waals surface area contributed by atoms with Gasteiger partial charge in [0.25, 0.3) is 11.4 Å². The second-order valence-electron chi connectivity index (χ2n) is 16.8. The van der Waals surface area contributed by atoms with E-state index in [4.69, 9.17) is 24.2 Å². The van der Waals surface area contributed by atoms with Gasteiger partial charge in [0.05, 0.1) is 28.1 Å². The van der Waals surface area contributed by atoms with Gasteiger partial charge >= 0.3 is 0 Å². The first kappa shape index (κ1) is 46.1. The maximum absolute atomic E-state index is 14.4. The van der Waals surface area contributed by atoms with E-state index in [1.165, 1.54) is 30.3 Å². The summed E-state index contributed by atoms with van der Waals surface area (Å²) in [7, 11) is 1.69. The number of unbranched alkanes of at least 4 members (excludes halogenated alkanes) is 2. The van der Waals surface area contributed by atoms with Crippen LogP contribution in [0.1, 0.15) is 67.6 Å². The minimum Gasteiger partial charge on any atom is -0.492 e. The first-order valence-electron chi connectivity index (χ1n) is 22.0. The molecule has 3 aromatic carbocycles. The summed E-state index contributed by atoms with van der Waals surface area (Å²) in [5.41, 5.74) is 3.57. The smallest absolute Gasteiger partial charge is 0.269 e. The van der Waals surface area contributed by atoms with Crippen molar-refractivity contribution in [3.05, 3.63) is 134 Å². The van der Waals surface area contributed by atoms with Gasteiger partial charge in [-0.1, -0.05) is 30.1 Å². The number of benzene rings is 3. The third-order valence-corrected chi connectivity index (χ3v) is 12.8. The van der Waals surface area contributed by atoms with Crippen LogP contribution >= 0.6 is 0 Å². The molecule has 2 aliphatic heterocycles. The molecule has 2 fully saturated rings. The molecular weight excluding hydrogens is 823 g/mol. The van der Waals surface area contributed by atoms with Gasteiger partial charge in [-0.05, 0) is 103 Å². The van der Waals surface area contributed by atoms with Crippen LogP contribution in [0.5, 0.6) is 11.5 Å². The Hall–Kier alpha value is -5.94. The molecule has 16 nitrogen and oxygen atoms in total. The van der Waals surface area contributed by atoms with E-state index in [2.05, 4.69) is 23.6 Å². The summed E-state index contributed by atoms with van der Waals surface area (Å²) in [6, 6.07) is 17.1. The van der Waals surface area contributed by atoms with Crippen molar-refractivity contribution in [3.63, 3.8) is 0 Å². The lowest BCUT2D eigenvalue weighted by Crippen LogP contribution is -2.69. The van der Waals surface area contributed by atoms with E-state index < -0.39 is 27.6 Å². The van der Waals surface area contributed by atoms with Gasteiger partial charge in [-0.2, -0.15) is 0 Å². The van der Waals surface area contributed by atoms with Crippen LogP contribution in [0.2, 0.25) is 0 Å². The van der Waals surface area contributed by atoms with E-state index in [1.54, 1.807) is 48.4 Å². The van der Waals surface area contributed by atoms with Crippen molar-refractivity contribution in [3.8, 4) is 11.5 Å². The fourth-order valence-corrected chi connectivity index (χ4v) is 9.45. The Morgan fingerprint density at radius 1 is 0.984 bits per heavy atom. The van der Waals surface area contributed by atoms with Crippen LogP contribution in [-0.2, 0) is 21.0 Å². The molecule has 0 bridgehead atoms. The number of likely N-dealkylation sites (N-methyl/N-ethyl adjacent to an activating group) is 1. The van der Waals surface area contributed by atoms with Crippen molar-refractivity contribution in [2.24, 2.45) is 22.9 Å². The number of nitro groups is 2. The van der Waals surface area contributed by atoms with Crippen LogP contribution in [0.3, 0.4) is 0 Å². The Morgan fingerprint density at radius 2 is 1.67 bits per heavy atom. The zero-order valence-electron chi connectivity index (χ0n) is 36.2. The third-order valence-electron chi connectivity index (χ3n) is 12.8. The Balaban J connectivity index is 1.35. The van der Waals surface area contributed by atoms with Gasteiger partial charge in [0.2, 0.25) is 11.7 Å². The summed E-state index contributed by atoms with van der Waals surface area (Å²) < 4.78 is 20.5. The zero-order chi connectivity index (χ0) is 45.2. The average Bonchev–Trinajstić information content (AvgIpc) is 4.13. The van der Waals surface area contributed by atoms with E-state index in [1.807, 2.05) is 12.1 Å². The summed E-state index contributed by atoms with van der Waals surface area (Å²) >= 11 is 0. The predicted molar refractivity (Wildman–Crippen MR) is 240 cm³/mol. The van der Waals surface area contributed by atoms with E-state index in [-0.39, 0.29) is 67.9 Å². The number of hydrogen-bond acceptors (Lipinski definition) is 13. The van der Waals surface area contributed by atoms with Crippen molar-refractivity contribution in [1.29, 1.82) is 0 Å². The second kappa shape index (κ2) is 21.2. The first-order chi connectivity index (χ1) is 31.1. The van der Waals surface area contributed by atoms with E-state index in [0.717, 1.165) is 56.5 Å². The molecule has 2 aliphatic carbocycles. The molecule has 340 valence electrons. The molecule has 16 heteroatoms. The van der Waals surface area contributed by atoms with Crippen LogP contribution in [0.15, 0.2) is 102 Å². The number of nitrogens with zero attached hydrogens (tertiary/aromatic N) is 5. The van der Waals surface area contributed by atoms with Crippen molar-refractivity contribution in [1.82, 2.24) is 9.80 Å². The number of hydrogen-bond donors (Lipinski definition) is 2. The molecule has 0 aromatic heterocycles. The molecule has 64 heavy (non-hydrogen) atoms. The summed E-state index contributed by atoms with van der Waals surface area (Å²) in [5, 5.41) is 47.2. The number of fused-ring (bicyclic) bond motifs is 2. The molecule has 6 atom stereocenters. The zero-order valence-corrected chi connectivity index (χ0v) is 36.2. The van der Waals surface area contributed by atoms with Crippen molar-refractivity contribution < 1.29 is 43.9 Å². The van der Waals surface area contributed by atoms with Gasteiger partial charge in [0.15, 0.2) is 0 Å². The average molecular weight is 880 g/mol. The topological polar surface area (TPSA) is 199 Å². The van der Waals surface area contributed by atoms with Gasteiger partial charge in [-0.3, -0.25) is 29.9 Å². The lowest BCUT2D eigenvalue weighted by Gasteiger charge is -2.59. The highest BCUT2D eigenvalue weighted by Crippen LogP contribution is 2.61. The van der Waals surface area contributed by atoms with E-state index in [0.29, 0.717) is 47.8 Å². The summed E-state index contributed by atoms with van der Waals surface area (Å²) in [5.74, 6) is -1.26. The molecule has 2 N–H and O–H groups in total. The van der Waals surface area contributed by atoms with Crippen LogP contribution in [-0.4, -0.2) is 106 Å². The lowest BCUT2D eigenvalue weighted by atomic mass is 9.55. The molecule has 0 unspecified atom stereocenters. The van der Waals surface area contributed by atoms with Gasteiger partial charge in [0.1, 0.15) is 30.8 Å². The Kier molecular flexibility index (Phi) is 15.2.